The van der Waals surface area contributed by atoms with Gasteiger partial charge < -0.3 is 14.5 Å². The van der Waals surface area contributed by atoms with Gasteiger partial charge in [0.2, 0.25) is 11.8 Å². The van der Waals surface area contributed by atoms with Gasteiger partial charge in [-0.2, -0.15) is 0 Å². The summed E-state index contributed by atoms with van der Waals surface area (Å²) in [7, 11) is 1.37. The van der Waals surface area contributed by atoms with Crippen LogP contribution in [0.1, 0.15) is 45.6 Å². The van der Waals surface area contributed by atoms with Gasteiger partial charge in [0, 0.05) is 10.4 Å². The molecule has 0 spiro atoms. The summed E-state index contributed by atoms with van der Waals surface area (Å²) in [6, 6.07) is 7.78. The molecule has 1 aliphatic rings. The standard InChI is InChI=1S/C22H23N3O4S2/c1-13-7-6-8-14(11-13)19-24-25-22(29-19)30-12-17(26)23-20-18(21(27)28-2)15-9-4-3-5-10-16(15)31-20/h6-8,11H,3-5,9-10,12H2,1-2H3,(H,23,26). The first-order valence-electron chi connectivity index (χ1n) is 10.1. The normalized spacial score (nSPS) is 13.4. The molecule has 0 saturated heterocycles. The number of rotatable bonds is 6. The number of esters is 1. The van der Waals surface area contributed by atoms with Crippen LogP contribution < -0.4 is 5.32 Å². The number of anilines is 1. The van der Waals surface area contributed by atoms with Crippen LogP contribution >= 0.6 is 23.1 Å². The van der Waals surface area contributed by atoms with Gasteiger partial charge in [-0.05, 0) is 50.3 Å². The molecular weight excluding hydrogens is 434 g/mol. The lowest BCUT2D eigenvalue weighted by molar-refractivity contribution is -0.113. The van der Waals surface area contributed by atoms with E-state index < -0.39 is 5.97 Å². The molecule has 3 aromatic rings. The Morgan fingerprint density at radius 3 is 2.87 bits per heavy atom. The Bertz CT molecular complexity index is 1110. The van der Waals surface area contributed by atoms with E-state index in [0.717, 1.165) is 60.6 Å². The number of aryl methyl sites for hydroxylation is 2. The van der Waals surface area contributed by atoms with Gasteiger partial charge in [-0.25, -0.2) is 4.79 Å². The monoisotopic (exact) mass is 457 g/mol. The van der Waals surface area contributed by atoms with Gasteiger partial charge >= 0.3 is 5.97 Å². The number of nitrogens with zero attached hydrogens (tertiary/aromatic N) is 2. The predicted molar refractivity (Wildman–Crippen MR) is 121 cm³/mol. The maximum absolute atomic E-state index is 12.6. The van der Waals surface area contributed by atoms with Gasteiger partial charge in [0.05, 0.1) is 18.4 Å². The van der Waals surface area contributed by atoms with E-state index in [-0.39, 0.29) is 11.7 Å². The number of carbonyl (C=O) groups excluding carboxylic acids is 2. The highest BCUT2D eigenvalue weighted by Gasteiger charge is 2.26. The van der Waals surface area contributed by atoms with Crippen LogP contribution in [0.2, 0.25) is 0 Å². The van der Waals surface area contributed by atoms with Crippen LogP contribution in [0.4, 0.5) is 5.00 Å². The molecule has 0 fully saturated rings. The third-order valence-electron chi connectivity index (χ3n) is 5.06. The van der Waals surface area contributed by atoms with Crippen molar-refractivity contribution in [3.63, 3.8) is 0 Å². The molecule has 162 valence electrons. The van der Waals surface area contributed by atoms with Crippen molar-refractivity contribution in [2.24, 2.45) is 0 Å². The van der Waals surface area contributed by atoms with E-state index in [4.69, 9.17) is 9.15 Å². The number of thiophene rings is 1. The minimum atomic E-state index is -0.401. The number of benzene rings is 1. The summed E-state index contributed by atoms with van der Waals surface area (Å²) in [5, 5.41) is 11.9. The molecule has 0 unspecified atom stereocenters. The second-order valence-electron chi connectivity index (χ2n) is 7.34. The topological polar surface area (TPSA) is 94.3 Å². The zero-order valence-electron chi connectivity index (χ0n) is 17.4. The Hall–Kier alpha value is -2.65. The summed E-state index contributed by atoms with van der Waals surface area (Å²) in [5.41, 5.74) is 3.46. The highest BCUT2D eigenvalue weighted by molar-refractivity contribution is 7.99. The van der Waals surface area contributed by atoms with Crippen LogP contribution in [0.5, 0.6) is 0 Å². The van der Waals surface area contributed by atoms with E-state index in [2.05, 4.69) is 15.5 Å². The second-order valence-corrected chi connectivity index (χ2v) is 9.37. The van der Waals surface area contributed by atoms with Crippen molar-refractivity contribution in [3.05, 3.63) is 45.8 Å². The lowest BCUT2D eigenvalue weighted by Crippen LogP contribution is -2.16. The highest BCUT2D eigenvalue weighted by Crippen LogP contribution is 2.38. The summed E-state index contributed by atoms with van der Waals surface area (Å²) < 4.78 is 10.7. The van der Waals surface area contributed by atoms with Crippen LogP contribution in [0.25, 0.3) is 11.5 Å². The van der Waals surface area contributed by atoms with E-state index in [1.165, 1.54) is 23.3 Å². The molecule has 1 N–H and O–H groups in total. The average Bonchev–Trinajstić information content (AvgIpc) is 3.30. The SMILES string of the molecule is COC(=O)c1c(NC(=O)CSc2nnc(-c3cccc(C)c3)o2)sc2c1CCCCC2. The van der Waals surface area contributed by atoms with Gasteiger partial charge in [0.15, 0.2) is 0 Å². The third-order valence-corrected chi connectivity index (χ3v) is 7.09. The molecule has 1 aromatic carbocycles. The Balaban J connectivity index is 1.43. The van der Waals surface area contributed by atoms with E-state index in [1.54, 1.807) is 0 Å². The molecule has 0 saturated carbocycles. The van der Waals surface area contributed by atoms with E-state index in [9.17, 15) is 9.59 Å². The minimum Gasteiger partial charge on any atom is -0.465 e. The third kappa shape index (κ3) is 4.99. The minimum absolute atomic E-state index is 0.0959. The van der Waals surface area contributed by atoms with E-state index >= 15 is 0 Å². The first-order valence-corrected chi connectivity index (χ1v) is 11.9. The fraction of sp³-hybridized carbons (Fsp3) is 0.364. The molecule has 31 heavy (non-hydrogen) atoms. The number of thioether (sulfide) groups is 1. The number of methoxy groups -OCH3 is 1. The van der Waals surface area contributed by atoms with Crippen LogP contribution in [-0.2, 0) is 22.4 Å². The van der Waals surface area contributed by atoms with Gasteiger partial charge in [-0.1, -0.05) is 35.9 Å². The molecule has 1 aliphatic carbocycles. The second kappa shape index (κ2) is 9.65. The van der Waals surface area contributed by atoms with E-state index in [1.807, 2.05) is 31.2 Å². The maximum Gasteiger partial charge on any atom is 0.341 e. The first kappa shape index (κ1) is 21.6. The number of ether oxygens (including phenoxy) is 1. The molecule has 7 nitrogen and oxygen atoms in total. The number of hydrogen-bond donors (Lipinski definition) is 1. The summed E-state index contributed by atoms with van der Waals surface area (Å²) in [6.07, 6.45) is 5.05. The van der Waals surface area contributed by atoms with Gasteiger partial charge in [0.25, 0.3) is 5.22 Å². The van der Waals surface area contributed by atoms with Gasteiger partial charge in [0.1, 0.15) is 5.00 Å². The molecule has 2 heterocycles. The van der Waals surface area contributed by atoms with E-state index in [0.29, 0.717) is 21.7 Å². The zero-order chi connectivity index (χ0) is 21.8. The molecule has 0 aliphatic heterocycles. The van der Waals surface area contributed by atoms with Crippen molar-refractivity contribution in [2.45, 2.75) is 44.3 Å². The summed E-state index contributed by atoms with van der Waals surface area (Å²) in [6.45, 7) is 1.99. The van der Waals surface area contributed by atoms with Crippen molar-refractivity contribution in [1.29, 1.82) is 0 Å². The fourth-order valence-electron chi connectivity index (χ4n) is 3.60. The van der Waals surface area contributed by atoms with Crippen LogP contribution in [0.3, 0.4) is 0 Å². The highest BCUT2D eigenvalue weighted by atomic mass is 32.2. The number of carbonyl (C=O) groups is 2. The molecule has 9 heteroatoms. The summed E-state index contributed by atoms with van der Waals surface area (Å²) >= 11 is 2.64. The van der Waals surface area contributed by atoms with Crippen LogP contribution in [0, 0.1) is 6.92 Å². The zero-order valence-corrected chi connectivity index (χ0v) is 19.0. The molecule has 4 rings (SSSR count). The Kier molecular flexibility index (Phi) is 6.72. The largest absolute Gasteiger partial charge is 0.465 e. The Morgan fingerprint density at radius 1 is 1.23 bits per heavy atom. The molecule has 0 radical (unpaired) electrons. The molecular formula is C22H23N3O4S2. The lowest BCUT2D eigenvalue weighted by atomic mass is 10.1. The van der Waals surface area contributed by atoms with Gasteiger partial charge in [-0.3, -0.25) is 4.79 Å². The quantitative estimate of drug-likeness (QED) is 0.320. The number of aromatic nitrogens is 2. The molecule has 1 amide bonds. The number of hydrogen-bond acceptors (Lipinski definition) is 8. The van der Waals surface area contributed by atoms with Crippen LogP contribution in [0.15, 0.2) is 33.9 Å². The van der Waals surface area contributed by atoms with Crippen molar-refractivity contribution in [1.82, 2.24) is 10.2 Å². The molecule has 0 atom stereocenters. The van der Waals surface area contributed by atoms with Crippen molar-refractivity contribution >= 4 is 40.0 Å². The van der Waals surface area contributed by atoms with Crippen molar-refractivity contribution < 1.29 is 18.7 Å². The first-order chi connectivity index (χ1) is 15.0. The summed E-state index contributed by atoms with van der Waals surface area (Å²) in [5.74, 6) is -0.121. The predicted octanol–water partition coefficient (Wildman–Crippen LogP) is 4.89. The summed E-state index contributed by atoms with van der Waals surface area (Å²) in [4.78, 5) is 26.1. The Labute approximate surface area is 188 Å². The fourth-order valence-corrected chi connectivity index (χ4v) is 5.46. The number of nitrogens with one attached hydrogen (secondary N) is 1. The molecule has 0 bridgehead atoms. The number of fused-ring (bicyclic) bond motifs is 1. The average molecular weight is 458 g/mol. The van der Waals surface area contributed by atoms with Crippen molar-refractivity contribution in [3.8, 4) is 11.5 Å². The number of amides is 1. The lowest BCUT2D eigenvalue weighted by Gasteiger charge is -2.07. The van der Waals surface area contributed by atoms with Gasteiger partial charge in [-0.15, -0.1) is 21.5 Å². The molecule has 2 aromatic heterocycles. The van der Waals surface area contributed by atoms with Crippen LogP contribution in [-0.4, -0.2) is 34.9 Å². The maximum atomic E-state index is 12.6. The smallest absolute Gasteiger partial charge is 0.341 e. The Morgan fingerprint density at radius 2 is 2.06 bits per heavy atom. The van der Waals surface area contributed by atoms with Crippen molar-refractivity contribution in [2.75, 3.05) is 18.2 Å².